The number of nitrogens with zero attached hydrogens (tertiary/aromatic N) is 6. The Morgan fingerprint density at radius 3 is 1.26 bits per heavy atom. The van der Waals surface area contributed by atoms with E-state index < -0.39 is 220 Å². The quantitative estimate of drug-likeness (QED) is 0.0428. The summed E-state index contributed by atoms with van der Waals surface area (Å²) in [6, 6.07) is 18.2. The van der Waals surface area contributed by atoms with Gasteiger partial charge in [-0.2, -0.15) is 26.3 Å². The molecule has 0 N–H and O–H groups in total. The molecule has 2 saturated heterocycles. The number of fused-ring (bicyclic) bond motifs is 2. The third kappa shape index (κ3) is 19.6. The van der Waals surface area contributed by atoms with E-state index in [4.69, 9.17) is 34.1 Å². The fourth-order valence-electron chi connectivity index (χ4n) is 11.7. The summed E-state index contributed by atoms with van der Waals surface area (Å²) in [6.07, 6.45) is -9.74. The highest BCUT2D eigenvalue weighted by molar-refractivity contribution is 7.98. The molecule has 12 nitrogen and oxygen atoms in total. The first kappa shape index (κ1) is 53.7. The minimum absolute atomic E-state index is 0.00469. The van der Waals surface area contributed by atoms with E-state index in [1.807, 2.05) is 0 Å². The van der Waals surface area contributed by atoms with Gasteiger partial charge in [0.2, 0.25) is 11.8 Å². The van der Waals surface area contributed by atoms with Crippen molar-refractivity contribution in [3.05, 3.63) is 270 Å². The van der Waals surface area contributed by atoms with Crippen LogP contribution >= 0.6 is 23.5 Å². The number of carbonyl (C=O) groups is 2. The van der Waals surface area contributed by atoms with E-state index in [-0.39, 0.29) is 102 Å². The molecule has 0 saturated carbocycles. The smallest absolute Gasteiger partial charge is 0.383 e. The average molecular weight is 1520 g/mol. The number of benzene rings is 8. The molecule has 2 aliphatic rings. The molecule has 0 aliphatic carbocycles. The van der Waals surface area contributed by atoms with Crippen LogP contribution in [-0.4, -0.2) is 119 Å². The summed E-state index contributed by atoms with van der Waals surface area (Å²) < 4.78 is 342. The lowest BCUT2D eigenvalue weighted by molar-refractivity contribution is -0.138. The van der Waals surface area contributed by atoms with Crippen molar-refractivity contribution in [1.82, 2.24) is 28.7 Å². The lowest BCUT2D eigenvalue weighted by Crippen LogP contribution is -2.48. The Labute approximate surface area is 647 Å². The summed E-state index contributed by atoms with van der Waals surface area (Å²) in [5.74, 6) is -7.94. The lowest BCUT2D eigenvalue weighted by atomic mass is 10.00. The highest BCUT2D eigenvalue weighted by Crippen LogP contribution is 2.36. The second-order valence-corrected chi connectivity index (χ2v) is 26.0. The Bertz CT molecular complexity index is 6030. The number of pyridine rings is 2. The minimum atomic E-state index is -4.59. The van der Waals surface area contributed by atoms with Gasteiger partial charge in [-0.05, 0) is 133 Å². The van der Waals surface area contributed by atoms with Crippen molar-refractivity contribution < 1.29 is 93.1 Å². The fraction of sp³-hybridized carbons (Fsp3) is 0.317. The largest absolute Gasteiger partial charge is 0.416 e. The van der Waals surface area contributed by atoms with Crippen molar-refractivity contribution >= 4 is 57.1 Å². The summed E-state index contributed by atoms with van der Waals surface area (Å²) in [6.45, 7) is -16.7. The standard InChI is InChI=1S/2C41H40F5N3O3S/c2*1-27-6-15-36-34(22-27)37(50)23-39(53-26-31-4-3-5-35(42)40(31)43)49(36)25-38(51)48(33-16-18-47(19-17-33)20-21-52-2)24-28-7-9-29(10-8-28)30-11-13-32(14-12-30)41(44,45)46/h2*3-15,22-23,33H,16-21,24-26H2,1-2H3/i6D,15D,20D2,21D2,22D,23D,24D2,26D2;6D,15D,20D2,21D2,22D,23D,24D2. The van der Waals surface area contributed by atoms with Crippen molar-refractivity contribution in [1.29, 1.82) is 0 Å². The molecule has 8 aromatic carbocycles. The van der Waals surface area contributed by atoms with Gasteiger partial charge < -0.3 is 38.2 Å². The number of halogens is 10. The normalized spacial score (nSPS) is 18.1. The molecule has 0 radical (unpaired) electrons. The van der Waals surface area contributed by atoms with Gasteiger partial charge in [-0.1, -0.05) is 120 Å². The number of piperidine rings is 2. The van der Waals surface area contributed by atoms with Crippen LogP contribution in [0, 0.1) is 37.1 Å². The number of amides is 2. The SMILES string of the molecule is [2H]c1c(C)c([2H])c2c(=O)c([2H])c(SC([2H])([2H])c3cccc(F)c3F)n(CC(=O)N(C3CCN(C([2H])([2H])C([2H])([2H])OC)CC3)C([2H])([2H])c3ccc(-c4ccc(C(F)(F)F)cc4)cc3)c2c1[2H].[2H]c1c(C)c([2H])c2c(=O)c([2H])c(SCc3cccc(F)c3F)n(CC(=O)N(C3CCN(C([2H])([2H])C([2H])([2H])OC)CC3)C([2H])([2H])c3ccc(-c4ccc(C(F)(F)F)cc4)cc3)c2c1[2H]. The number of carbonyl (C=O) groups excluding carboxylic acids is 2. The molecule has 556 valence electrons. The summed E-state index contributed by atoms with van der Waals surface area (Å²) >= 11 is 0.651. The molecule has 2 aromatic heterocycles. The molecule has 4 heterocycles. The fourth-order valence-corrected chi connectivity index (χ4v) is 13.4. The Morgan fingerprint density at radius 2 is 0.877 bits per heavy atom. The monoisotopic (exact) mass is 1520 g/mol. The first-order chi connectivity index (χ1) is 59.4. The van der Waals surface area contributed by atoms with Crippen LogP contribution in [0.2, 0.25) is 0 Å². The number of methoxy groups -OCH3 is 2. The van der Waals surface area contributed by atoms with Crippen LogP contribution in [0.15, 0.2) is 201 Å². The van der Waals surface area contributed by atoms with Crippen molar-refractivity contribution in [2.24, 2.45) is 0 Å². The van der Waals surface area contributed by atoms with E-state index in [2.05, 4.69) is 0 Å². The number of rotatable bonds is 24. The van der Waals surface area contributed by atoms with Crippen molar-refractivity contribution in [3.8, 4) is 22.3 Å². The van der Waals surface area contributed by atoms with E-state index in [9.17, 15) is 54.6 Å². The Balaban J connectivity index is 0.000000248. The second-order valence-electron chi connectivity index (χ2n) is 24.3. The molecule has 10 aromatic rings. The zero-order chi connectivity index (χ0) is 94.9. The van der Waals surface area contributed by atoms with Gasteiger partial charge in [0.05, 0.1) is 67.3 Å². The minimum Gasteiger partial charge on any atom is -0.383 e. The molecule has 0 bridgehead atoms. The molecular formula is C82H80F10N6O6S2. The second kappa shape index (κ2) is 35.1. The highest BCUT2D eigenvalue weighted by atomic mass is 32.2. The zero-order valence-corrected chi connectivity index (χ0v) is 58.5. The Hall–Kier alpha value is -9.04. The third-order valence-corrected chi connectivity index (χ3v) is 19.0. The number of likely N-dealkylation sites (tertiary alicyclic amines) is 2. The molecule has 2 aliphatic heterocycles. The van der Waals surface area contributed by atoms with Gasteiger partial charge in [0.1, 0.15) is 13.1 Å². The van der Waals surface area contributed by atoms with Gasteiger partial charge in [-0.3, -0.25) is 19.2 Å². The summed E-state index contributed by atoms with van der Waals surface area (Å²) in [4.78, 5) is 61.7. The average Bonchev–Trinajstić information content (AvgIpc) is 0.730. The molecule has 2 fully saturated rings. The van der Waals surface area contributed by atoms with Gasteiger partial charge in [0, 0.05) is 132 Å². The van der Waals surface area contributed by atoms with Gasteiger partial charge in [-0.15, -0.1) is 23.5 Å². The van der Waals surface area contributed by atoms with Crippen molar-refractivity contribution in [2.75, 3.05) is 66.5 Å². The van der Waals surface area contributed by atoms with Crippen LogP contribution in [-0.2, 0) is 69.0 Å². The van der Waals surface area contributed by atoms with Gasteiger partial charge >= 0.3 is 12.4 Å². The Kier molecular flexibility index (Phi) is 17.8. The maximum Gasteiger partial charge on any atom is 0.416 e. The molecular weight excluding hydrogens is 1420 g/mol. The zero-order valence-electron chi connectivity index (χ0n) is 78.9. The highest BCUT2D eigenvalue weighted by Gasteiger charge is 2.34. The van der Waals surface area contributed by atoms with Crippen LogP contribution in [0.4, 0.5) is 43.9 Å². The molecule has 106 heavy (non-hydrogen) atoms. The Morgan fingerprint density at radius 1 is 0.509 bits per heavy atom. The van der Waals surface area contributed by atoms with Crippen LogP contribution in [0.3, 0.4) is 0 Å². The number of ether oxygens (including phenoxy) is 2. The van der Waals surface area contributed by atoms with E-state index in [0.29, 0.717) is 34.0 Å². The third-order valence-electron chi connectivity index (χ3n) is 17.1. The van der Waals surface area contributed by atoms with Crippen molar-refractivity contribution in [3.63, 3.8) is 0 Å². The van der Waals surface area contributed by atoms with Crippen LogP contribution in [0.5, 0.6) is 0 Å². The van der Waals surface area contributed by atoms with E-state index in [1.54, 1.807) is 0 Å². The molecule has 0 unspecified atom stereocenters. The topological polar surface area (TPSA) is 110 Å². The number of alkyl halides is 6. The maximum atomic E-state index is 15.1. The lowest BCUT2D eigenvalue weighted by Gasteiger charge is -2.39. The number of aromatic nitrogens is 2. The molecule has 0 atom stereocenters. The first-order valence-electron chi connectivity index (χ1n) is 43.7. The van der Waals surface area contributed by atoms with E-state index in [1.165, 1.54) is 98.8 Å². The maximum absolute atomic E-state index is 15.1. The molecule has 24 heteroatoms. The number of thioether (sulfide) groups is 2. The number of hydrogen-bond acceptors (Lipinski definition) is 10. The summed E-state index contributed by atoms with van der Waals surface area (Å²) in [5, 5.41) is -2.11. The predicted octanol–water partition coefficient (Wildman–Crippen LogP) is 17.4. The van der Waals surface area contributed by atoms with Gasteiger partial charge in [0.15, 0.2) is 34.1 Å². The van der Waals surface area contributed by atoms with Crippen LogP contribution in [0.25, 0.3) is 44.1 Å². The van der Waals surface area contributed by atoms with Crippen molar-refractivity contribution in [2.45, 2.75) is 112 Å². The van der Waals surface area contributed by atoms with Crippen LogP contribution in [0.1, 0.15) is 100 Å². The predicted molar refractivity (Wildman–Crippen MR) is 395 cm³/mol. The van der Waals surface area contributed by atoms with Gasteiger partial charge in [-0.25, -0.2) is 17.6 Å². The molecule has 12 rings (SSSR count). The summed E-state index contributed by atoms with van der Waals surface area (Å²) in [7, 11) is 1.98. The van der Waals surface area contributed by atoms with Crippen LogP contribution < -0.4 is 10.9 Å². The summed E-state index contributed by atoms with van der Waals surface area (Å²) in [5.41, 5.74) is -7.95. The molecule has 0 spiro atoms. The van der Waals surface area contributed by atoms with E-state index >= 15 is 14.0 Å². The first-order valence-corrected chi connectivity index (χ1v) is 34.5. The van der Waals surface area contributed by atoms with E-state index in [0.717, 1.165) is 91.5 Å². The van der Waals surface area contributed by atoms with Gasteiger partial charge in [0.25, 0.3) is 0 Å². The number of hydrogen-bond donors (Lipinski definition) is 0. The molecule has 2 amide bonds.